The van der Waals surface area contributed by atoms with Crippen molar-refractivity contribution >= 4 is 23.3 Å². The van der Waals surface area contributed by atoms with Crippen LogP contribution in [-0.4, -0.2) is 53.9 Å². The van der Waals surface area contributed by atoms with E-state index in [1.54, 1.807) is 35.2 Å². The SMILES string of the molecule is CCc1nc(C)c(CNC(=O)[C@@H]2CCCN(C(=O)N(C)C)C2)s1. The Balaban J connectivity index is 1.89. The molecule has 2 heterocycles. The lowest BCUT2D eigenvalue weighted by molar-refractivity contribution is -0.126. The molecule has 0 radical (unpaired) electrons. The Hall–Kier alpha value is -1.63. The smallest absolute Gasteiger partial charge is 0.319 e. The zero-order valence-corrected chi connectivity index (χ0v) is 15.2. The average molecular weight is 338 g/mol. The monoisotopic (exact) mass is 338 g/mol. The van der Waals surface area contributed by atoms with Gasteiger partial charge in [0.2, 0.25) is 5.91 Å². The number of hydrogen-bond donors (Lipinski definition) is 1. The largest absolute Gasteiger partial charge is 0.351 e. The molecule has 1 aliphatic heterocycles. The summed E-state index contributed by atoms with van der Waals surface area (Å²) in [6, 6.07) is -0.0200. The summed E-state index contributed by atoms with van der Waals surface area (Å²) in [5, 5.41) is 4.12. The van der Waals surface area contributed by atoms with E-state index >= 15 is 0 Å². The van der Waals surface area contributed by atoms with Gasteiger partial charge in [0.25, 0.3) is 0 Å². The summed E-state index contributed by atoms with van der Waals surface area (Å²) in [5.74, 6) is -0.0846. The van der Waals surface area contributed by atoms with Crippen LogP contribution in [0.1, 0.15) is 35.3 Å². The molecule has 1 aromatic heterocycles. The van der Waals surface area contributed by atoms with Crippen molar-refractivity contribution in [1.29, 1.82) is 0 Å². The molecule has 0 unspecified atom stereocenters. The van der Waals surface area contributed by atoms with Crippen molar-refractivity contribution in [3.8, 4) is 0 Å². The number of aryl methyl sites for hydroxylation is 2. The Morgan fingerprint density at radius 1 is 1.43 bits per heavy atom. The van der Waals surface area contributed by atoms with Gasteiger partial charge in [-0.05, 0) is 26.2 Å². The second-order valence-corrected chi connectivity index (χ2v) is 7.32. The number of thiazole rings is 1. The molecule has 0 saturated carbocycles. The molecule has 3 amide bonds. The highest BCUT2D eigenvalue weighted by Crippen LogP contribution is 2.20. The Kier molecular flexibility index (Phi) is 5.98. The number of carbonyl (C=O) groups is 2. The maximum absolute atomic E-state index is 12.4. The molecule has 1 N–H and O–H groups in total. The molecule has 1 aromatic rings. The molecular formula is C16H26N4O2S. The van der Waals surface area contributed by atoms with Gasteiger partial charge in [-0.1, -0.05) is 6.92 Å². The highest BCUT2D eigenvalue weighted by Gasteiger charge is 2.29. The molecule has 2 rings (SSSR count). The third-order valence-corrected chi connectivity index (χ3v) is 5.41. The molecule has 23 heavy (non-hydrogen) atoms. The lowest BCUT2D eigenvalue weighted by Gasteiger charge is -2.33. The minimum atomic E-state index is -0.119. The molecule has 0 aliphatic carbocycles. The van der Waals surface area contributed by atoms with E-state index < -0.39 is 0 Å². The summed E-state index contributed by atoms with van der Waals surface area (Å²) in [5.41, 5.74) is 1.00. The van der Waals surface area contributed by atoms with Gasteiger partial charge < -0.3 is 15.1 Å². The van der Waals surface area contributed by atoms with E-state index in [-0.39, 0.29) is 17.9 Å². The molecule has 0 bridgehead atoms. The Morgan fingerprint density at radius 2 is 2.17 bits per heavy atom. The minimum absolute atomic E-state index is 0.0200. The van der Waals surface area contributed by atoms with Crippen LogP contribution in [0.25, 0.3) is 0 Å². The summed E-state index contributed by atoms with van der Waals surface area (Å²) in [7, 11) is 3.48. The van der Waals surface area contributed by atoms with Crippen molar-refractivity contribution in [2.45, 2.75) is 39.7 Å². The van der Waals surface area contributed by atoms with Crippen LogP contribution in [-0.2, 0) is 17.8 Å². The second kappa shape index (κ2) is 7.77. The van der Waals surface area contributed by atoms with Crippen LogP contribution in [0.15, 0.2) is 0 Å². The minimum Gasteiger partial charge on any atom is -0.351 e. The van der Waals surface area contributed by atoms with E-state index in [0.29, 0.717) is 13.1 Å². The van der Waals surface area contributed by atoms with Crippen LogP contribution in [0.4, 0.5) is 4.79 Å². The first kappa shape index (κ1) is 17.7. The predicted molar refractivity (Wildman–Crippen MR) is 91.5 cm³/mol. The number of carbonyl (C=O) groups excluding carboxylic acids is 2. The number of nitrogens with one attached hydrogen (secondary N) is 1. The highest BCUT2D eigenvalue weighted by atomic mass is 32.1. The van der Waals surface area contributed by atoms with Gasteiger partial charge in [-0.15, -0.1) is 11.3 Å². The standard InChI is InChI=1S/C16H26N4O2S/c1-5-14-18-11(2)13(23-14)9-17-15(21)12-7-6-8-20(10-12)16(22)19(3)4/h12H,5-10H2,1-4H3,(H,17,21)/t12-/m1/s1. The van der Waals surface area contributed by atoms with Gasteiger partial charge in [0.15, 0.2) is 0 Å². The van der Waals surface area contributed by atoms with Crippen LogP contribution >= 0.6 is 11.3 Å². The van der Waals surface area contributed by atoms with E-state index in [2.05, 4.69) is 17.2 Å². The summed E-state index contributed by atoms with van der Waals surface area (Å²) < 4.78 is 0. The molecule has 128 valence electrons. The van der Waals surface area contributed by atoms with Crippen molar-refractivity contribution in [2.75, 3.05) is 27.2 Å². The first-order valence-corrected chi connectivity index (χ1v) is 8.93. The number of hydrogen-bond acceptors (Lipinski definition) is 4. The number of likely N-dealkylation sites (tertiary alicyclic amines) is 1. The first-order valence-electron chi connectivity index (χ1n) is 8.11. The van der Waals surface area contributed by atoms with Gasteiger partial charge in [-0.2, -0.15) is 0 Å². The fourth-order valence-electron chi connectivity index (χ4n) is 2.76. The summed E-state index contributed by atoms with van der Waals surface area (Å²) in [4.78, 5) is 33.4. The van der Waals surface area contributed by atoms with E-state index in [9.17, 15) is 9.59 Å². The molecule has 1 saturated heterocycles. The Labute approximate surface area is 141 Å². The number of nitrogens with zero attached hydrogens (tertiary/aromatic N) is 3. The number of piperidine rings is 1. The normalized spacial score (nSPS) is 17.9. The maximum atomic E-state index is 12.4. The van der Waals surface area contributed by atoms with Crippen molar-refractivity contribution in [3.63, 3.8) is 0 Å². The van der Waals surface area contributed by atoms with Gasteiger partial charge >= 0.3 is 6.03 Å². The third-order valence-electron chi connectivity index (χ3n) is 4.11. The van der Waals surface area contributed by atoms with Crippen LogP contribution < -0.4 is 5.32 Å². The molecule has 7 heteroatoms. The summed E-state index contributed by atoms with van der Waals surface area (Å²) >= 11 is 1.66. The maximum Gasteiger partial charge on any atom is 0.319 e. The highest BCUT2D eigenvalue weighted by molar-refractivity contribution is 7.11. The zero-order chi connectivity index (χ0) is 17.0. The van der Waals surface area contributed by atoms with Crippen molar-refractivity contribution in [1.82, 2.24) is 20.1 Å². The molecule has 1 fully saturated rings. The van der Waals surface area contributed by atoms with Gasteiger partial charge in [0.05, 0.1) is 23.2 Å². The Morgan fingerprint density at radius 3 is 2.78 bits per heavy atom. The first-order chi connectivity index (χ1) is 10.9. The third kappa shape index (κ3) is 4.43. The molecule has 0 spiro atoms. The van der Waals surface area contributed by atoms with E-state index in [4.69, 9.17) is 0 Å². The van der Waals surface area contributed by atoms with Crippen LogP contribution in [0.3, 0.4) is 0 Å². The topological polar surface area (TPSA) is 65.5 Å². The van der Waals surface area contributed by atoms with Crippen LogP contribution in [0.5, 0.6) is 0 Å². The molecule has 0 aromatic carbocycles. The van der Waals surface area contributed by atoms with Crippen LogP contribution in [0, 0.1) is 12.8 Å². The van der Waals surface area contributed by atoms with Gasteiger partial charge in [-0.3, -0.25) is 4.79 Å². The predicted octanol–water partition coefficient (Wildman–Crippen LogP) is 2.02. The van der Waals surface area contributed by atoms with E-state index in [0.717, 1.165) is 41.4 Å². The summed E-state index contributed by atoms with van der Waals surface area (Å²) in [6.07, 6.45) is 2.63. The molecular weight excluding hydrogens is 312 g/mol. The quantitative estimate of drug-likeness (QED) is 0.913. The van der Waals surface area contributed by atoms with E-state index in [1.807, 2.05) is 6.92 Å². The zero-order valence-electron chi connectivity index (χ0n) is 14.4. The Bertz CT molecular complexity index is 570. The molecule has 1 aliphatic rings. The van der Waals surface area contributed by atoms with Crippen molar-refractivity contribution in [3.05, 3.63) is 15.6 Å². The molecule has 1 atom stereocenters. The van der Waals surface area contributed by atoms with Gasteiger partial charge in [-0.25, -0.2) is 9.78 Å². The van der Waals surface area contributed by atoms with Crippen LogP contribution in [0.2, 0.25) is 0 Å². The fourth-order valence-corrected chi connectivity index (χ4v) is 3.71. The number of aromatic nitrogens is 1. The lowest BCUT2D eigenvalue weighted by atomic mass is 9.97. The van der Waals surface area contributed by atoms with Gasteiger partial charge in [0, 0.05) is 32.1 Å². The number of rotatable bonds is 4. The van der Waals surface area contributed by atoms with Gasteiger partial charge in [0.1, 0.15) is 0 Å². The number of amides is 3. The summed E-state index contributed by atoms with van der Waals surface area (Å²) in [6.45, 7) is 5.83. The van der Waals surface area contributed by atoms with Crippen molar-refractivity contribution in [2.24, 2.45) is 5.92 Å². The average Bonchev–Trinajstić information content (AvgIpc) is 2.92. The van der Waals surface area contributed by atoms with E-state index in [1.165, 1.54) is 0 Å². The second-order valence-electron chi connectivity index (χ2n) is 6.15. The fraction of sp³-hybridized carbons (Fsp3) is 0.688. The van der Waals surface area contributed by atoms with Crippen molar-refractivity contribution < 1.29 is 9.59 Å². The number of urea groups is 1. The molecule has 6 nitrogen and oxygen atoms in total. The lowest BCUT2D eigenvalue weighted by Crippen LogP contribution is -2.48.